The fraction of sp³-hybridized carbons (Fsp3) is 0. The molecule has 0 atom stereocenters. The van der Waals surface area contributed by atoms with Gasteiger partial charge >= 0.3 is 0 Å². The minimum atomic E-state index is 0.895. The van der Waals surface area contributed by atoms with E-state index in [1.807, 2.05) is 6.20 Å². The Bertz CT molecular complexity index is 1210. The van der Waals surface area contributed by atoms with Crippen molar-refractivity contribution in [3.63, 3.8) is 0 Å². The average Bonchev–Trinajstić information content (AvgIpc) is 2.96. The monoisotopic (exact) mass is 305 g/mol. The molecule has 0 aliphatic heterocycles. The first-order chi connectivity index (χ1) is 11.9. The molecule has 5 aromatic rings. The lowest BCUT2D eigenvalue weighted by molar-refractivity contribution is 0.896. The Morgan fingerprint density at radius 1 is 0.625 bits per heavy atom. The molecule has 1 aliphatic carbocycles. The summed E-state index contributed by atoms with van der Waals surface area (Å²) >= 11 is 0. The highest BCUT2D eigenvalue weighted by Gasteiger charge is 2.24. The summed E-state index contributed by atoms with van der Waals surface area (Å²) in [4.78, 5) is 0. The summed E-state index contributed by atoms with van der Waals surface area (Å²) in [6.07, 6.45) is 1.83. The Hall–Kier alpha value is -3.33. The van der Waals surface area contributed by atoms with Gasteiger partial charge in [-0.3, -0.25) is 0 Å². The van der Waals surface area contributed by atoms with Crippen LogP contribution in [0.4, 0.5) is 0 Å². The molecule has 1 aliphatic rings. The average molecular weight is 305 g/mol. The molecule has 110 valence electrons. The van der Waals surface area contributed by atoms with E-state index >= 15 is 0 Å². The number of hydrogen-bond donors (Lipinski definition) is 0. The predicted octanol–water partition coefficient (Wildman–Crippen LogP) is 4.98. The predicted molar refractivity (Wildman–Crippen MR) is 96.8 cm³/mol. The summed E-state index contributed by atoms with van der Waals surface area (Å²) in [6.45, 7) is 0. The Balaban J connectivity index is 2.02. The number of benzene rings is 4. The van der Waals surface area contributed by atoms with Gasteiger partial charge in [-0.05, 0) is 55.8 Å². The maximum atomic E-state index is 4.28. The minimum absolute atomic E-state index is 0.895. The summed E-state index contributed by atoms with van der Waals surface area (Å²) < 4.78 is 0. The second-order valence-corrected chi connectivity index (χ2v) is 6.23. The van der Waals surface area contributed by atoms with Crippen LogP contribution in [0.1, 0.15) is 0 Å². The first kappa shape index (κ1) is 12.1. The Morgan fingerprint density at radius 2 is 1.38 bits per heavy atom. The van der Waals surface area contributed by atoms with Crippen molar-refractivity contribution in [3.05, 3.63) is 66.9 Å². The zero-order valence-corrected chi connectivity index (χ0v) is 12.7. The SMILES string of the molecule is c1ccc2c(c1)-c1cc3ccccc3c3c1c-2cc1nnncc13. The summed E-state index contributed by atoms with van der Waals surface area (Å²) in [5.41, 5.74) is 6.00. The summed E-state index contributed by atoms with van der Waals surface area (Å²) in [5, 5.41) is 18.2. The van der Waals surface area contributed by atoms with Crippen LogP contribution in [-0.2, 0) is 0 Å². The minimum Gasteiger partial charge on any atom is -0.138 e. The fourth-order valence-corrected chi connectivity index (χ4v) is 4.07. The van der Waals surface area contributed by atoms with E-state index in [9.17, 15) is 0 Å². The summed E-state index contributed by atoms with van der Waals surface area (Å²) in [7, 11) is 0. The van der Waals surface area contributed by atoms with Gasteiger partial charge in [-0.25, -0.2) is 0 Å². The molecule has 3 heteroatoms. The van der Waals surface area contributed by atoms with Crippen molar-refractivity contribution in [3.8, 4) is 22.3 Å². The maximum Gasteiger partial charge on any atom is 0.0976 e. The quantitative estimate of drug-likeness (QED) is 0.372. The molecule has 0 saturated carbocycles. The second-order valence-electron chi connectivity index (χ2n) is 6.23. The van der Waals surface area contributed by atoms with Crippen LogP contribution in [0.15, 0.2) is 66.9 Å². The number of hydrogen-bond acceptors (Lipinski definition) is 3. The third-order valence-electron chi connectivity index (χ3n) is 5.04. The molecule has 4 aromatic carbocycles. The van der Waals surface area contributed by atoms with Crippen molar-refractivity contribution < 1.29 is 0 Å². The molecular formula is C21H11N3. The number of fused-ring (bicyclic) bond motifs is 7. The summed E-state index contributed by atoms with van der Waals surface area (Å²) in [5.74, 6) is 0. The first-order valence-electron chi connectivity index (χ1n) is 7.98. The van der Waals surface area contributed by atoms with E-state index in [0.29, 0.717) is 0 Å². The van der Waals surface area contributed by atoms with Gasteiger partial charge in [0.25, 0.3) is 0 Å². The summed E-state index contributed by atoms with van der Waals surface area (Å²) in [6, 6.07) is 21.6. The Kier molecular flexibility index (Phi) is 2.10. The van der Waals surface area contributed by atoms with Gasteiger partial charge in [-0.2, -0.15) is 0 Å². The van der Waals surface area contributed by atoms with Gasteiger partial charge in [-0.1, -0.05) is 48.5 Å². The van der Waals surface area contributed by atoms with E-state index in [2.05, 4.69) is 76.1 Å². The van der Waals surface area contributed by atoms with Crippen LogP contribution >= 0.6 is 0 Å². The van der Waals surface area contributed by atoms with Crippen LogP contribution in [0.25, 0.3) is 54.7 Å². The van der Waals surface area contributed by atoms with Crippen molar-refractivity contribution in [1.82, 2.24) is 15.4 Å². The van der Waals surface area contributed by atoms with E-state index in [1.165, 1.54) is 43.8 Å². The molecule has 3 nitrogen and oxygen atoms in total. The van der Waals surface area contributed by atoms with E-state index in [0.717, 1.165) is 10.9 Å². The van der Waals surface area contributed by atoms with Crippen LogP contribution in [-0.4, -0.2) is 15.4 Å². The van der Waals surface area contributed by atoms with Gasteiger partial charge in [0.05, 0.1) is 11.7 Å². The van der Waals surface area contributed by atoms with E-state index in [-0.39, 0.29) is 0 Å². The van der Waals surface area contributed by atoms with Crippen molar-refractivity contribution in [2.45, 2.75) is 0 Å². The molecular weight excluding hydrogens is 294 g/mol. The molecule has 24 heavy (non-hydrogen) atoms. The molecule has 0 spiro atoms. The fourth-order valence-electron chi connectivity index (χ4n) is 4.07. The lowest BCUT2D eigenvalue weighted by Gasteiger charge is -2.10. The van der Waals surface area contributed by atoms with Crippen molar-refractivity contribution in [2.75, 3.05) is 0 Å². The molecule has 0 fully saturated rings. The highest BCUT2D eigenvalue weighted by Crippen LogP contribution is 2.50. The molecule has 0 bridgehead atoms. The van der Waals surface area contributed by atoms with Gasteiger partial charge in [-0.15, -0.1) is 10.2 Å². The van der Waals surface area contributed by atoms with E-state index in [4.69, 9.17) is 0 Å². The highest BCUT2D eigenvalue weighted by atomic mass is 15.3. The van der Waals surface area contributed by atoms with Gasteiger partial charge in [0.15, 0.2) is 0 Å². The zero-order chi connectivity index (χ0) is 15.7. The molecule has 1 heterocycles. The van der Waals surface area contributed by atoms with Crippen LogP contribution in [0.2, 0.25) is 0 Å². The van der Waals surface area contributed by atoms with Crippen molar-refractivity contribution >= 4 is 32.4 Å². The molecule has 6 rings (SSSR count). The van der Waals surface area contributed by atoms with Crippen LogP contribution < -0.4 is 0 Å². The van der Waals surface area contributed by atoms with Crippen molar-refractivity contribution in [2.24, 2.45) is 0 Å². The third-order valence-corrected chi connectivity index (χ3v) is 5.04. The van der Waals surface area contributed by atoms with Gasteiger partial charge in [0, 0.05) is 10.8 Å². The van der Waals surface area contributed by atoms with E-state index in [1.54, 1.807) is 0 Å². The van der Waals surface area contributed by atoms with Crippen LogP contribution in [0.5, 0.6) is 0 Å². The molecule has 0 saturated heterocycles. The van der Waals surface area contributed by atoms with Gasteiger partial charge < -0.3 is 0 Å². The van der Waals surface area contributed by atoms with Gasteiger partial charge in [0.1, 0.15) is 0 Å². The highest BCUT2D eigenvalue weighted by molar-refractivity contribution is 6.30. The molecule has 1 aromatic heterocycles. The molecule has 0 unspecified atom stereocenters. The number of nitrogens with zero attached hydrogens (tertiary/aromatic N) is 3. The molecule has 0 N–H and O–H groups in total. The Labute approximate surface area is 137 Å². The number of aromatic nitrogens is 3. The van der Waals surface area contributed by atoms with E-state index < -0.39 is 0 Å². The third kappa shape index (κ3) is 1.35. The smallest absolute Gasteiger partial charge is 0.0976 e. The van der Waals surface area contributed by atoms with Crippen LogP contribution in [0, 0.1) is 0 Å². The molecule has 0 radical (unpaired) electrons. The standard InChI is InChI=1S/C21H11N3/c1-2-6-13-12(5-1)9-16-14-7-3-4-8-15(14)17-10-19-18(11-22-24-23-19)20(13)21(16)17/h1-11H. The zero-order valence-electron chi connectivity index (χ0n) is 12.7. The van der Waals surface area contributed by atoms with Crippen LogP contribution in [0.3, 0.4) is 0 Å². The lowest BCUT2D eigenvalue weighted by Crippen LogP contribution is -1.90. The normalized spacial score (nSPS) is 12.2. The van der Waals surface area contributed by atoms with Crippen molar-refractivity contribution in [1.29, 1.82) is 0 Å². The largest absolute Gasteiger partial charge is 0.138 e. The lowest BCUT2D eigenvalue weighted by atomic mass is 9.94. The van der Waals surface area contributed by atoms with Gasteiger partial charge in [0.2, 0.25) is 0 Å². The topological polar surface area (TPSA) is 38.7 Å². The number of rotatable bonds is 0. The first-order valence-corrected chi connectivity index (χ1v) is 7.98. The maximum absolute atomic E-state index is 4.28. The second kappa shape index (κ2) is 4.15. The Morgan fingerprint density at radius 3 is 2.25 bits per heavy atom. The molecule has 0 amide bonds.